The topological polar surface area (TPSA) is 79.2 Å². The SMILES string of the molecule is CCC(CCO)NC(=O)NCc1cnn(C)c1. The number of urea groups is 1. The van der Waals surface area contributed by atoms with Crippen LogP contribution in [0.4, 0.5) is 4.79 Å². The van der Waals surface area contributed by atoms with Crippen LogP contribution >= 0.6 is 0 Å². The van der Waals surface area contributed by atoms with Crippen LogP contribution in [0.25, 0.3) is 0 Å². The van der Waals surface area contributed by atoms with Gasteiger partial charge in [0.15, 0.2) is 0 Å². The molecule has 0 saturated heterocycles. The first-order valence-corrected chi connectivity index (χ1v) is 5.78. The maximum Gasteiger partial charge on any atom is 0.315 e. The average Bonchev–Trinajstić information content (AvgIpc) is 2.72. The van der Waals surface area contributed by atoms with Gasteiger partial charge < -0.3 is 15.7 Å². The molecule has 6 nitrogen and oxygen atoms in total. The van der Waals surface area contributed by atoms with Gasteiger partial charge >= 0.3 is 6.03 Å². The summed E-state index contributed by atoms with van der Waals surface area (Å²) in [5, 5.41) is 18.4. The van der Waals surface area contributed by atoms with Crippen LogP contribution in [0, 0.1) is 0 Å². The standard InChI is InChI=1S/C11H20N4O2/c1-3-10(4-5-16)14-11(17)12-6-9-7-13-15(2)8-9/h7-8,10,16H,3-6H2,1-2H3,(H2,12,14,17). The molecule has 6 heteroatoms. The van der Waals surface area contributed by atoms with E-state index in [-0.39, 0.29) is 18.7 Å². The number of carbonyl (C=O) groups excluding carboxylic acids is 1. The smallest absolute Gasteiger partial charge is 0.315 e. The highest BCUT2D eigenvalue weighted by molar-refractivity contribution is 5.74. The lowest BCUT2D eigenvalue weighted by molar-refractivity contribution is 0.227. The fourth-order valence-corrected chi connectivity index (χ4v) is 1.52. The maximum absolute atomic E-state index is 11.5. The van der Waals surface area contributed by atoms with E-state index in [0.29, 0.717) is 13.0 Å². The number of aliphatic hydroxyl groups excluding tert-OH is 1. The summed E-state index contributed by atoms with van der Waals surface area (Å²) in [5.74, 6) is 0. The molecule has 1 unspecified atom stereocenters. The number of hydrogen-bond acceptors (Lipinski definition) is 3. The molecule has 1 heterocycles. The predicted molar refractivity (Wildman–Crippen MR) is 64.4 cm³/mol. The van der Waals surface area contributed by atoms with Crippen molar-refractivity contribution in [2.45, 2.75) is 32.4 Å². The van der Waals surface area contributed by atoms with E-state index < -0.39 is 0 Å². The Labute approximate surface area is 101 Å². The van der Waals surface area contributed by atoms with Crippen molar-refractivity contribution >= 4 is 6.03 Å². The summed E-state index contributed by atoms with van der Waals surface area (Å²) in [5.41, 5.74) is 0.956. The van der Waals surface area contributed by atoms with Crippen molar-refractivity contribution in [3.05, 3.63) is 18.0 Å². The molecule has 96 valence electrons. The Kier molecular flexibility index (Phi) is 5.48. The second-order valence-electron chi connectivity index (χ2n) is 3.97. The molecular weight excluding hydrogens is 220 g/mol. The molecule has 3 N–H and O–H groups in total. The Bertz CT molecular complexity index is 351. The highest BCUT2D eigenvalue weighted by Gasteiger charge is 2.09. The number of carbonyl (C=O) groups is 1. The molecule has 0 fully saturated rings. The monoisotopic (exact) mass is 240 g/mol. The molecule has 1 aromatic heterocycles. The van der Waals surface area contributed by atoms with Crippen LogP contribution in [-0.2, 0) is 13.6 Å². The fourth-order valence-electron chi connectivity index (χ4n) is 1.52. The van der Waals surface area contributed by atoms with Gasteiger partial charge in [-0.15, -0.1) is 0 Å². The lowest BCUT2D eigenvalue weighted by Crippen LogP contribution is -2.41. The van der Waals surface area contributed by atoms with Crippen molar-refractivity contribution in [1.29, 1.82) is 0 Å². The number of hydrogen-bond donors (Lipinski definition) is 3. The molecule has 17 heavy (non-hydrogen) atoms. The van der Waals surface area contributed by atoms with Crippen molar-refractivity contribution in [3.63, 3.8) is 0 Å². The molecule has 0 saturated carbocycles. The molecule has 0 aromatic carbocycles. The van der Waals surface area contributed by atoms with E-state index in [4.69, 9.17) is 5.11 Å². The van der Waals surface area contributed by atoms with Crippen LogP contribution in [0.5, 0.6) is 0 Å². The third kappa shape index (κ3) is 4.86. The summed E-state index contributed by atoms with van der Waals surface area (Å²) >= 11 is 0. The third-order valence-corrected chi connectivity index (χ3v) is 2.52. The van der Waals surface area contributed by atoms with Crippen LogP contribution in [0.2, 0.25) is 0 Å². The van der Waals surface area contributed by atoms with Gasteiger partial charge in [-0.3, -0.25) is 4.68 Å². The first-order valence-electron chi connectivity index (χ1n) is 5.78. The van der Waals surface area contributed by atoms with Crippen molar-refractivity contribution < 1.29 is 9.90 Å². The Morgan fingerprint density at radius 2 is 2.41 bits per heavy atom. The summed E-state index contributed by atoms with van der Waals surface area (Å²) < 4.78 is 1.69. The summed E-state index contributed by atoms with van der Waals surface area (Å²) in [7, 11) is 1.83. The van der Waals surface area contributed by atoms with E-state index in [1.54, 1.807) is 10.9 Å². The normalized spacial score (nSPS) is 12.2. The Morgan fingerprint density at radius 3 is 2.94 bits per heavy atom. The number of aryl methyl sites for hydroxylation is 1. The zero-order valence-electron chi connectivity index (χ0n) is 10.3. The van der Waals surface area contributed by atoms with E-state index in [1.165, 1.54) is 0 Å². The number of amides is 2. The van der Waals surface area contributed by atoms with Crippen molar-refractivity contribution in [2.24, 2.45) is 7.05 Å². The minimum Gasteiger partial charge on any atom is -0.396 e. The Morgan fingerprint density at radius 1 is 1.65 bits per heavy atom. The number of nitrogens with zero attached hydrogens (tertiary/aromatic N) is 2. The van der Waals surface area contributed by atoms with Gasteiger partial charge in [-0.05, 0) is 12.8 Å². The van der Waals surface area contributed by atoms with Crippen LogP contribution in [0.15, 0.2) is 12.4 Å². The molecule has 0 aliphatic heterocycles. The van der Waals surface area contributed by atoms with Crippen molar-refractivity contribution in [3.8, 4) is 0 Å². The lowest BCUT2D eigenvalue weighted by atomic mass is 10.2. The molecule has 2 amide bonds. The molecule has 0 aliphatic carbocycles. The quantitative estimate of drug-likeness (QED) is 0.672. The number of aliphatic hydroxyl groups is 1. The van der Waals surface area contributed by atoms with Crippen LogP contribution < -0.4 is 10.6 Å². The molecule has 1 rings (SSSR count). The molecule has 0 bridgehead atoms. The van der Waals surface area contributed by atoms with Gasteiger partial charge in [0.2, 0.25) is 0 Å². The van der Waals surface area contributed by atoms with E-state index in [1.807, 2.05) is 20.2 Å². The second kappa shape index (κ2) is 6.90. The number of aromatic nitrogens is 2. The van der Waals surface area contributed by atoms with Crippen molar-refractivity contribution in [2.75, 3.05) is 6.61 Å². The Hall–Kier alpha value is -1.56. The predicted octanol–water partition coefficient (Wildman–Crippen LogP) is 0.380. The van der Waals surface area contributed by atoms with E-state index >= 15 is 0 Å². The first kappa shape index (κ1) is 13.5. The summed E-state index contributed by atoms with van der Waals surface area (Å²) in [4.78, 5) is 11.5. The highest BCUT2D eigenvalue weighted by Crippen LogP contribution is 1.97. The summed E-state index contributed by atoms with van der Waals surface area (Å²) in [6.07, 6.45) is 4.95. The molecule has 0 aliphatic rings. The summed E-state index contributed by atoms with van der Waals surface area (Å²) in [6.45, 7) is 2.51. The number of rotatable bonds is 6. The van der Waals surface area contributed by atoms with Crippen LogP contribution in [0.3, 0.4) is 0 Å². The summed E-state index contributed by atoms with van der Waals surface area (Å²) in [6, 6.07) is -0.192. The van der Waals surface area contributed by atoms with Gasteiger partial charge in [0, 0.05) is 38.0 Å². The minimum absolute atomic E-state index is 0.0221. The third-order valence-electron chi connectivity index (χ3n) is 2.52. The molecule has 0 radical (unpaired) electrons. The first-order chi connectivity index (χ1) is 8.15. The minimum atomic E-state index is -0.214. The fraction of sp³-hybridized carbons (Fsp3) is 0.636. The van der Waals surface area contributed by atoms with Gasteiger partial charge in [0.1, 0.15) is 0 Å². The molecule has 1 atom stereocenters. The maximum atomic E-state index is 11.5. The van der Waals surface area contributed by atoms with Crippen LogP contribution in [-0.4, -0.2) is 33.6 Å². The highest BCUT2D eigenvalue weighted by atomic mass is 16.3. The van der Waals surface area contributed by atoms with Crippen LogP contribution in [0.1, 0.15) is 25.3 Å². The van der Waals surface area contributed by atoms with Gasteiger partial charge in [0.25, 0.3) is 0 Å². The zero-order valence-corrected chi connectivity index (χ0v) is 10.3. The van der Waals surface area contributed by atoms with Gasteiger partial charge in [-0.1, -0.05) is 6.92 Å². The molecular formula is C11H20N4O2. The van der Waals surface area contributed by atoms with E-state index in [0.717, 1.165) is 12.0 Å². The van der Waals surface area contributed by atoms with Gasteiger partial charge in [-0.25, -0.2) is 4.79 Å². The molecule has 0 spiro atoms. The molecule has 1 aromatic rings. The Balaban J connectivity index is 2.29. The largest absolute Gasteiger partial charge is 0.396 e. The lowest BCUT2D eigenvalue weighted by Gasteiger charge is -2.15. The van der Waals surface area contributed by atoms with E-state index in [9.17, 15) is 4.79 Å². The zero-order chi connectivity index (χ0) is 12.7. The average molecular weight is 240 g/mol. The van der Waals surface area contributed by atoms with E-state index in [2.05, 4.69) is 15.7 Å². The van der Waals surface area contributed by atoms with Crippen molar-refractivity contribution in [1.82, 2.24) is 20.4 Å². The second-order valence-corrected chi connectivity index (χ2v) is 3.97. The number of nitrogens with one attached hydrogen (secondary N) is 2. The van der Waals surface area contributed by atoms with Gasteiger partial charge in [0.05, 0.1) is 6.20 Å². The van der Waals surface area contributed by atoms with Gasteiger partial charge in [-0.2, -0.15) is 5.10 Å².